The molecule has 0 radical (unpaired) electrons. The fourth-order valence-electron chi connectivity index (χ4n) is 3.25. The van der Waals surface area contributed by atoms with Gasteiger partial charge in [0, 0.05) is 58.0 Å². The van der Waals surface area contributed by atoms with Crippen LogP contribution in [0.3, 0.4) is 0 Å². The average Bonchev–Trinajstić information content (AvgIpc) is 3.21. The molecule has 0 bridgehead atoms. The monoisotopic (exact) mass is 389 g/mol. The van der Waals surface area contributed by atoms with Crippen LogP contribution in [-0.2, 0) is 24.4 Å². The first-order valence-corrected chi connectivity index (χ1v) is 9.60. The number of guanidine groups is 1. The van der Waals surface area contributed by atoms with Crippen LogP contribution in [-0.4, -0.2) is 60.7 Å². The first-order chi connectivity index (χ1) is 13.7. The van der Waals surface area contributed by atoms with Crippen molar-refractivity contribution < 1.29 is 13.7 Å². The van der Waals surface area contributed by atoms with E-state index in [1.54, 1.807) is 19.4 Å². The zero-order valence-electron chi connectivity index (χ0n) is 16.5. The summed E-state index contributed by atoms with van der Waals surface area (Å²) in [7, 11) is 1.57. The number of nitrogens with one attached hydrogen (secondary N) is 1. The lowest BCUT2D eigenvalue weighted by Crippen LogP contribution is -2.52. The van der Waals surface area contributed by atoms with E-state index in [9.17, 15) is 4.39 Å². The van der Waals surface area contributed by atoms with Gasteiger partial charge in [0.15, 0.2) is 5.96 Å². The molecule has 28 heavy (non-hydrogen) atoms. The highest BCUT2D eigenvalue weighted by Gasteiger charge is 2.20. The van der Waals surface area contributed by atoms with Crippen LogP contribution in [0.15, 0.2) is 40.0 Å². The molecule has 1 aliphatic rings. The van der Waals surface area contributed by atoms with Gasteiger partial charge < -0.3 is 19.5 Å². The van der Waals surface area contributed by atoms with Gasteiger partial charge in [-0.3, -0.25) is 4.90 Å². The number of nitrogens with zero attached hydrogens (tertiary/aromatic N) is 4. The fraction of sp³-hybridized carbons (Fsp3) is 0.500. The zero-order valence-corrected chi connectivity index (χ0v) is 16.5. The second kappa shape index (κ2) is 10.2. The Hall–Kier alpha value is -2.45. The molecule has 8 heteroatoms. The second-order valence-electron chi connectivity index (χ2n) is 6.78. The van der Waals surface area contributed by atoms with Crippen LogP contribution in [0.25, 0.3) is 0 Å². The minimum absolute atomic E-state index is 0.246. The number of rotatable bonds is 7. The number of aromatic nitrogens is 1. The van der Waals surface area contributed by atoms with Crippen LogP contribution in [0.1, 0.15) is 23.7 Å². The van der Waals surface area contributed by atoms with Crippen molar-refractivity contribution in [3.63, 3.8) is 0 Å². The summed E-state index contributed by atoms with van der Waals surface area (Å²) < 4.78 is 23.8. The normalized spacial score (nSPS) is 15.8. The highest BCUT2D eigenvalue weighted by atomic mass is 19.1. The molecule has 0 atom stereocenters. The fourth-order valence-corrected chi connectivity index (χ4v) is 3.25. The van der Waals surface area contributed by atoms with E-state index >= 15 is 0 Å². The molecule has 3 rings (SSSR count). The summed E-state index contributed by atoms with van der Waals surface area (Å²) >= 11 is 0. The van der Waals surface area contributed by atoms with Gasteiger partial charge in [0.2, 0.25) is 0 Å². The predicted octanol–water partition coefficient (Wildman–Crippen LogP) is 2.24. The van der Waals surface area contributed by atoms with Crippen molar-refractivity contribution >= 4 is 5.96 Å². The van der Waals surface area contributed by atoms with Crippen molar-refractivity contribution in [2.75, 3.05) is 39.8 Å². The van der Waals surface area contributed by atoms with Gasteiger partial charge in [-0.05, 0) is 24.6 Å². The van der Waals surface area contributed by atoms with Crippen LogP contribution >= 0.6 is 0 Å². The van der Waals surface area contributed by atoms with Crippen molar-refractivity contribution in [3.8, 4) is 0 Å². The highest BCUT2D eigenvalue weighted by molar-refractivity contribution is 5.80. The Morgan fingerprint density at radius 1 is 1.29 bits per heavy atom. The molecule has 2 aromatic rings. The van der Waals surface area contributed by atoms with Gasteiger partial charge in [0.25, 0.3) is 0 Å². The number of aliphatic imine (C=N–C) groups is 1. The Balaban J connectivity index is 1.59. The lowest BCUT2D eigenvalue weighted by atomic mass is 10.1. The van der Waals surface area contributed by atoms with Crippen molar-refractivity contribution in [2.24, 2.45) is 4.99 Å². The van der Waals surface area contributed by atoms with Crippen molar-refractivity contribution in [1.82, 2.24) is 20.3 Å². The third-order valence-electron chi connectivity index (χ3n) is 4.70. The molecule has 152 valence electrons. The van der Waals surface area contributed by atoms with Gasteiger partial charge >= 0.3 is 0 Å². The van der Waals surface area contributed by atoms with Crippen molar-refractivity contribution in [2.45, 2.75) is 26.6 Å². The third kappa shape index (κ3) is 5.53. The average molecular weight is 389 g/mol. The Morgan fingerprint density at radius 3 is 2.79 bits per heavy atom. The quantitative estimate of drug-likeness (QED) is 0.579. The molecule has 1 aromatic heterocycles. The molecule has 0 amide bonds. The number of halogens is 1. The second-order valence-corrected chi connectivity index (χ2v) is 6.78. The maximum Gasteiger partial charge on any atom is 0.194 e. The summed E-state index contributed by atoms with van der Waals surface area (Å²) in [6, 6.07) is 6.98. The van der Waals surface area contributed by atoms with E-state index in [-0.39, 0.29) is 12.4 Å². The molecule has 7 nitrogen and oxygen atoms in total. The van der Waals surface area contributed by atoms with Gasteiger partial charge in [0.1, 0.15) is 12.1 Å². The lowest BCUT2D eigenvalue weighted by Gasteiger charge is -2.36. The summed E-state index contributed by atoms with van der Waals surface area (Å²) in [6.07, 6.45) is 1.61. The van der Waals surface area contributed by atoms with E-state index < -0.39 is 0 Å². The smallest absolute Gasteiger partial charge is 0.194 e. The van der Waals surface area contributed by atoms with E-state index in [4.69, 9.17) is 14.3 Å². The molecular formula is C20H28FN5O2. The Bertz CT molecular complexity index is 758. The molecule has 0 saturated carbocycles. The number of benzene rings is 1. The molecule has 0 unspecified atom stereocenters. The maximum absolute atomic E-state index is 13.8. The Morgan fingerprint density at radius 2 is 2.11 bits per heavy atom. The molecule has 2 heterocycles. The number of hydrogen-bond acceptors (Lipinski definition) is 5. The standard InChI is InChI=1S/C20H28FN5O2/c1-3-22-20(23-13-16-4-5-19(21)17(12-16)15-27-2)26-9-7-25(8-10-26)14-18-6-11-28-24-18/h4-6,11-12H,3,7-10,13-15H2,1-2H3,(H,22,23). The van der Waals surface area contributed by atoms with Crippen LogP contribution in [0.5, 0.6) is 0 Å². The van der Waals surface area contributed by atoms with Crippen LogP contribution in [0.2, 0.25) is 0 Å². The van der Waals surface area contributed by atoms with Gasteiger partial charge in [-0.15, -0.1) is 0 Å². The predicted molar refractivity (Wildman–Crippen MR) is 105 cm³/mol. The van der Waals surface area contributed by atoms with E-state index in [1.807, 2.05) is 12.1 Å². The molecular weight excluding hydrogens is 361 g/mol. The van der Waals surface area contributed by atoms with Gasteiger partial charge in [0.05, 0.1) is 18.8 Å². The minimum atomic E-state index is -0.246. The zero-order chi connectivity index (χ0) is 19.8. The Kier molecular flexibility index (Phi) is 7.39. The maximum atomic E-state index is 13.8. The lowest BCUT2D eigenvalue weighted by molar-refractivity contribution is 0.169. The third-order valence-corrected chi connectivity index (χ3v) is 4.70. The van der Waals surface area contributed by atoms with Crippen LogP contribution in [0.4, 0.5) is 4.39 Å². The topological polar surface area (TPSA) is 66.1 Å². The number of hydrogen-bond donors (Lipinski definition) is 1. The molecule has 0 spiro atoms. The summed E-state index contributed by atoms with van der Waals surface area (Å²) in [5.41, 5.74) is 2.48. The highest BCUT2D eigenvalue weighted by Crippen LogP contribution is 2.13. The molecule has 0 aliphatic carbocycles. The minimum Gasteiger partial charge on any atom is -0.380 e. The largest absolute Gasteiger partial charge is 0.380 e. The van der Waals surface area contributed by atoms with Crippen LogP contribution < -0.4 is 5.32 Å². The molecule has 1 N–H and O–H groups in total. The summed E-state index contributed by atoms with van der Waals surface area (Å²) in [4.78, 5) is 9.38. The number of piperazine rings is 1. The van der Waals surface area contributed by atoms with E-state index in [1.165, 1.54) is 6.07 Å². The SMILES string of the molecule is CCNC(=NCc1ccc(F)c(COC)c1)N1CCN(Cc2ccon2)CC1. The van der Waals surface area contributed by atoms with E-state index in [2.05, 4.69) is 27.2 Å². The molecule has 1 aromatic carbocycles. The van der Waals surface area contributed by atoms with Crippen molar-refractivity contribution in [1.29, 1.82) is 0 Å². The number of ether oxygens (including phenoxy) is 1. The van der Waals surface area contributed by atoms with Crippen LogP contribution in [0, 0.1) is 5.82 Å². The molecule has 1 saturated heterocycles. The Labute approximate surface area is 165 Å². The summed E-state index contributed by atoms with van der Waals surface area (Å²) in [5.74, 6) is 0.644. The molecule has 1 fully saturated rings. The van der Waals surface area contributed by atoms with E-state index in [0.717, 1.165) is 56.5 Å². The summed E-state index contributed by atoms with van der Waals surface area (Å²) in [6.45, 7) is 8.08. The van der Waals surface area contributed by atoms with Crippen molar-refractivity contribution in [3.05, 3.63) is 53.2 Å². The van der Waals surface area contributed by atoms with Gasteiger partial charge in [-0.25, -0.2) is 9.38 Å². The van der Waals surface area contributed by atoms with E-state index in [0.29, 0.717) is 12.1 Å². The molecule has 1 aliphatic heterocycles. The summed E-state index contributed by atoms with van der Waals surface area (Å²) in [5, 5.41) is 7.35. The van der Waals surface area contributed by atoms with Gasteiger partial charge in [-0.2, -0.15) is 0 Å². The number of methoxy groups -OCH3 is 1. The first kappa shape index (κ1) is 20.3. The first-order valence-electron chi connectivity index (χ1n) is 9.60. The van der Waals surface area contributed by atoms with Gasteiger partial charge in [-0.1, -0.05) is 11.2 Å².